The van der Waals surface area contributed by atoms with Gasteiger partial charge < -0.3 is 0 Å². The average molecular weight is 284 g/mol. The van der Waals surface area contributed by atoms with Gasteiger partial charge in [0.15, 0.2) is 5.16 Å². The van der Waals surface area contributed by atoms with Gasteiger partial charge in [0, 0.05) is 23.8 Å². The summed E-state index contributed by atoms with van der Waals surface area (Å²) in [5.41, 5.74) is 1.13. The minimum Gasteiger partial charge on any atom is -0.274 e. The van der Waals surface area contributed by atoms with Crippen LogP contribution in [0.1, 0.15) is 37.4 Å². The highest BCUT2D eigenvalue weighted by molar-refractivity contribution is 7.99. The van der Waals surface area contributed by atoms with E-state index in [4.69, 9.17) is 5.26 Å². The Bertz CT molecular complexity index is 611. The number of benzene rings is 1. The summed E-state index contributed by atoms with van der Waals surface area (Å²) in [6.07, 6.45) is 3.91. The van der Waals surface area contributed by atoms with Crippen molar-refractivity contribution in [3.05, 3.63) is 36.2 Å². The van der Waals surface area contributed by atoms with Crippen LogP contribution in [0.3, 0.4) is 0 Å². The van der Waals surface area contributed by atoms with Crippen LogP contribution in [-0.4, -0.2) is 20.5 Å². The van der Waals surface area contributed by atoms with E-state index in [1.54, 1.807) is 11.8 Å². The fourth-order valence-corrected chi connectivity index (χ4v) is 3.01. The van der Waals surface area contributed by atoms with Crippen LogP contribution in [-0.2, 0) is 0 Å². The Balaban J connectivity index is 1.85. The summed E-state index contributed by atoms with van der Waals surface area (Å²) in [6, 6.07) is 12.5. The largest absolute Gasteiger partial charge is 0.274 e. The number of unbranched alkanes of at least 4 members (excludes halogenated alkanes) is 1. The fraction of sp³-hybridized carbons (Fsp3) is 0.400. The minimum atomic E-state index is 0.566. The maximum Gasteiger partial charge on any atom is 0.195 e. The summed E-state index contributed by atoms with van der Waals surface area (Å²) in [6.45, 7) is 0. The van der Waals surface area contributed by atoms with Crippen LogP contribution in [0.2, 0.25) is 0 Å². The van der Waals surface area contributed by atoms with Crippen LogP contribution >= 0.6 is 11.8 Å². The maximum atomic E-state index is 8.59. The molecule has 1 aromatic heterocycles. The van der Waals surface area contributed by atoms with Crippen LogP contribution in [0.4, 0.5) is 0 Å². The fourth-order valence-electron chi connectivity index (χ4n) is 2.12. The van der Waals surface area contributed by atoms with Crippen molar-refractivity contribution in [3.8, 4) is 11.8 Å². The molecule has 0 radical (unpaired) electrons. The van der Waals surface area contributed by atoms with Gasteiger partial charge >= 0.3 is 0 Å². The van der Waals surface area contributed by atoms with Crippen molar-refractivity contribution in [1.82, 2.24) is 14.8 Å². The molecule has 1 aliphatic rings. The molecule has 0 aliphatic heterocycles. The van der Waals surface area contributed by atoms with Crippen LogP contribution in [0.25, 0.3) is 5.69 Å². The lowest BCUT2D eigenvalue weighted by Gasteiger charge is -2.09. The Morgan fingerprint density at radius 1 is 1.25 bits per heavy atom. The summed E-state index contributed by atoms with van der Waals surface area (Å²) >= 11 is 1.69. The molecule has 1 aliphatic carbocycles. The lowest BCUT2D eigenvalue weighted by molar-refractivity contribution is 0.828. The highest BCUT2D eigenvalue weighted by Crippen LogP contribution is 2.41. The second-order valence-corrected chi connectivity index (χ2v) is 5.96. The first-order valence-electron chi connectivity index (χ1n) is 6.90. The number of nitriles is 1. The minimum absolute atomic E-state index is 0.566. The van der Waals surface area contributed by atoms with Gasteiger partial charge in [0.1, 0.15) is 5.82 Å². The topological polar surface area (TPSA) is 54.5 Å². The third kappa shape index (κ3) is 2.86. The molecule has 1 fully saturated rings. The first kappa shape index (κ1) is 13.2. The summed E-state index contributed by atoms with van der Waals surface area (Å²) in [5.74, 6) is 2.55. The predicted octanol–water partition coefficient (Wildman–Crippen LogP) is 3.54. The highest BCUT2D eigenvalue weighted by Gasteiger charge is 2.30. The monoisotopic (exact) mass is 284 g/mol. The Kier molecular flexibility index (Phi) is 4.03. The van der Waals surface area contributed by atoms with Crippen molar-refractivity contribution in [2.75, 3.05) is 5.75 Å². The summed E-state index contributed by atoms with van der Waals surface area (Å²) in [7, 11) is 0. The Morgan fingerprint density at radius 3 is 2.75 bits per heavy atom. The van der Waals surface area contributed by atoms with E-state index in [1.807, 2.05) is 18.2 Å². The van der Waals surface area contributed by atoms with E-state index in [0.717, 1.165) is 28.8 Å². The zero-order chi connectivity index (χ0) is 13.8. The molecule has 0 amide bonds. The first-order chi connectivity index (χ1) is 9.90. The normalized spacial score (nSPS) is 14.2. The molecule has 0 unspecified atom stereocenters. The van der Waals surface area contributed by atoms with E-state index in [2.05, 4.69) is 33.0 Å². The number of thioether (sulfide) groups is 1. The van der Waals surface area contributed by atoms with Crippen molar-refractivity contribution in [1.29, 1.82) is 5.26 Å². The SMILES string of the molecule is N#CCCCSc1nnc(C2CC2)n1-c1ccccc1. The number of aromatic nitrogens is 3. The van der Waals surface area contributed by atoms with Gasteiger partial charge in [-0.1, -0.05) is 30.0 Å². The van der Waals surface area contributed by atoms with E-state index >= 15 is 0 Å². The molecular formula is C15H16N4S. The van der Waals surface area contributed by atoms with Gasteiger partial charge in [0.2, 0.25) is 0 Å². The van der Waals surface area contributed by atoms with Gasteiger partial charge in [-0.05, 0) is 31.4 Å². The predicted molar refractivity (Wildman–Crippen MR) is 78.9 cm³/mol. The molecule has 1 saturated carbocycles. The molecule has 1 heterocycles. The molecule has 102 valence electrons. The summed E-state index contributed by atoms with van der Waals surface area (Å²) < 4.78 is 2.18. The zero-order valence-corrected chi connectivity index (χ0v) is 12.0. The van der Waals surface area contributed by atoms with Crippen LogP contribution in [0.5, 0.6) is 0 Å². The number of hydrogen-bond donors (Lipinski definition) is 0. The number of nitrogens with zero attached hydrogens (tertiary/aromatic N) is 4. The van der Waals surface area contributed by atoms with Gasteiger partial charge in [0.25, 0.3) is 0 Å². The average Bonchev–Trinajstić information content (AvgIpc) is 3.25. The van der Waals surface area contributed by atoms with Gasteiger partial charge in [-0.2, -0.15) is 5.26 Å². The quantitative estimate of drug-likeness (QED) is 0.601. The molecular weight excluding hydrogens is 268 g/mol. The number of para-hydroxylation sites is 1. The lowest BCUT2D eigenvalue weighted by Crippen LogP contribution is -2.01. The summed E-state index contributed by atoms with van der Waals surface area (Å²) in [4.78, 5) is 0. The van der Waals surface area contributed by atoms with E-state index < -0.39 is 0 Å². The second-order valence-electron chi connectivity index (χ2n) is 4.90. The maximum absolute atomic E-state index is 8.59. The van der Waals surface area contributed by atoms with Gasteiger partial charge in [-0.25, -0.2) is 0 Å². The van der Waals surface area contributed by atoms with Gasteiger partial charge in [0.05, 0.1) is 6.07 Å². The molecule has 5 heteroatoms. The lowest BCUT2D eigenvalue weighted by atomic mass is 10.3. The Labute approximate surface area is 122 Å². The van der Waals surface area contributed by atoms with E-state index in [0.29, 0.717) is 12.3 Å². The standard InChI is InChI=1S/C15H16N4S/c16-10-4-5-11-20-15-18-17-14(12-8-9-12)19(15)13-6-2-1-3-7-13/h1-3,6-7,12H,4-5,8-9,11H2. The highest BCUT2D eigenvalue weighted by atomic mass is 32.2. The molecule has 0 bridgehead atoms. The van der Waals surface area contributed by atoms with Crippen molar-refractivity contribution < 1.29 is 0 Å². The molecule has 20 heavy (non-hydrogen) atoms. The van der Waals surface area contributed by atoms with Gasteiger partial charge in [-0.3, -0.25) is 4.57 Å². The first-order valence-corrected chi connectivity index (χ1v) is 7.89. The van der Waals surface area contributed by atoms with Crippen LogP contribution in [0, 0.1) is 11.3 Å². The van der Waals surface area contributed by atoms with E-state index in [9.17, 15) is 0 Å². The van der Waals surface area contributed by atoms with E-state index in [1.165, 1.54) is 12.8 Å². The summed E-state index contributed by atoms with van der Waals surface area (Å²) in [5, 5.41) is 18.3. The van der Waals surface area contributed by atoms with E-state index in [-0.39, 0.29) is 0 Å². The third-order valence-electron chi connectivity index (χ3n) is 3.28. The van der Waals surface area contributed by atoms with Crippen LogP contribution < -0.4 is 0 Å². The van der Waals surface area contributed by atoms with Crippen LogP contribution in [0.15, 0.2) is 35.5 Å². The molecule has 0 saturated heterocycles. The Hall–Kier alpha value is -1.80. The van der Waals surface area contributed by atoms with Gasteiger partial charge in [-0.15, -0.1) is 10.2 Å². The number of rotatable bonds is 6. The van der Waals surface area contributed by atoms with Crippen molar-refractivity contribution in [2.45, 2.75) is 36.8 Å². The Morgan fingerprint density at radius 2 is 2.05 bits per heavy atom. The smallest absolute Gasteiger partial charge is 0.195 e. The molecule has 0 spiro atoms. The van der Waals surface area contributed by atoms with Crippen molar-refractivity contribution in [3.63, 3.8) is 0 Å². The molecule has 1 aromatic carbocycles. The molecule has 4 nitrogen and oxygen atoms in total. The third-order valence-corrected chi connectivity index (χ3v) is 4.29. The molecule has 3 rings (SSSR count). The molecule has 0 N–H and O–H groups in total. The zero-order valence-electron chi connectivity index (χ0n) is 11.2. The molecule has 0 atom stereocenters. The second kappa shape index (κ2) is 6.10. The van der Waals surface area contributed by atoms with Crippen molar-refractivity contribution >= 4 is 11.8 Å². The van der Waals surface area contributed by atoms with Crippen molar-refractivity contribution in [2.24, 2.45) is 0 Å². The number of hydrogen-bond acceptors (Lipinski definition) is 4. The molecule has 2 aromatic rings.